The Bertz CT molecular complexity index is 1460. The summed E-state index contributed by atoms with van der Waals surface area (Å²) in [5.74, 6) is 0.748. The van der Waals surface area contributed by atoms with E-state index in [9.17, 15) is 4.79 Å². The van der Waals surface area contributed by atoms with Gasteiger partial charge in [-0.1, -0.05) is 85.8 Å². The van der Waals surface area contributed by atoms with Gasteiger partial charge in [-0.3, -0.25) is 9.36 Å². The molecule has 0 fully saturated rings. The van der Waals surface area contributed by atoms with Crippen LogP contribution in [0, 0.1) is 6.92 Å². The number of rotatable bonds is 6. The third-order valence-electron chi connectivity index (χ3n) is 5.76. The second-order valence-electron chi connectivity index (χ2n) is 7.88. The van der Waals surface area contributed by atoms with Crippen molar-refractivity contribution in [3.63, 3.8) is 0 Å². The van der Waals surface area contributed by atoms with Crippen molar-refractivity contribution in [2.45, 2.75) is 37.6 Å². The fraction of sp³-hybridized carbons (Fsp3) is 0.185. The summed E-state index contributed by atoms with van der Waals surface area (Å²) in [6, 6.07) is 24.7. The average molecular weight is 457 g/mol. The largest absolute Gasteiger partial charge is 0.268 e. The van der Waals surface area contributed by atoms with Crippen LogP contribution in [0.15, 0.2) is 82.7 Å². The van der Waals surface area contributed by atoms with Crippen molar-refractivity contribution in [3.8, 4) is 5.69 Å². The minimum atomic E-state index is 0.0257. The maximum atomic E-state index is 13.7. The molecule has 0 saturated carbocycles. The summed E-state index contributed by atoms with van der Waals surface area (Å²) in [6.45, 7) is 4.23. The maximum Gasteiger partial charge on any atom is 0.267 e. The van der Waals surface area contributed by atoms with E-state index in [0.717, 1.165) is 45.2 Å². The quantitative estimate of drug-likeness (QED) is 0.201. The Labute approximate surface area is 195 Å². The molecule has 0 aliphatic carbocycles. The molecule has 32 heavy (non-hydrogen) atoms. The summed E-state index contributed by atoms with van der Waals surface area (Å²) in [5, 5.41) is 3.98. The monoisotopic (exact) mass is 456 g/mol. The van der Waals surface area contributed by atoms with Gasteiger partial charge in [0.1, 0.15) is 4.83 Å². The van der Waals surface area contributed by atoms with Crippen LogP contribution >= 0.6 is 23.1 Å². The standard InChI is InChI=1S/C27H24N2OS2/c1-3-10-23-18(2)24-25(32-23)28-27(29(26(24)30)21-14-5-4-6-15-21)31-17-20-13-9-12-19-11-7-8-16-22(19)20/h4-9,11-16H,3,10,17H2,1-2H3. The Balaban J connectivity index is 1.65. The van der Waals surface area contributed by atoms with Crippen LogP contribution in [-0.2, 0) is 12.2 Å². The Kier molecular flexibility index (Phi) is 5.85. The third kappa shape index (κ3) is 3.76. The summed E-state index contributed by atoms with van der Waals surface area (Å²) in [7, 11) is 0. The normalized spacial score (nSPS) is 11.4. The lowest BCUT2D eigenvalue weighted by Gasteiger charge is -2.13. The molecule has 0 bridgehead atoms. The van der Waals surface area contributed by atoms with E-state index < -0.39 is 0 Å². The summed E-state index contributed by atoms with van der Waals surface area (Å²) < 4.78 is 1.79. The van der Waals surface area contributed by atoms with E-state index in [4.69, 9.17) is 4.98 Å². The summed E-state index contributed by atoms with van der Waals surface area (Å²) >= 11 is 3.29. The molecule has 5 aromatic rings. The molecular weight excluding hydrogens is 432 g/mol. The molecular formula is C27H24N2OS2. The molecule has 0 atom stereocenters. The molecule has 0 saturated heterocycles. The molecule has 2 aromatic heterocycles. The first kappa shape index (κ1) is 21.0. The van der Waals surface area contributed by atoms with E-state index in [-0.39, 0.29) is 5.56 Å². The predicted octanol–water partition coefficient (Wildman–Crippen LogP) is 7.15. The summed E-state index contributed by atoms with van der Waals surface area (Å²) in [4.78, 5) is 20.9. The number of para-hydroxylation sites is 1. The van der Waals surface area contributed by atoms with Gasteiger partial charge in [-0.15, -0.1) is 11.3 Å². The van der Waals surface area contributed by atoms with Gasteiger partial charge in [0.15, 0.2) is 5.16 Å². The SMILES string of the molecule is CCCc1sc2nc(SCc3cccc4ccccc34)n(-c3ccccc3)c(=O)c2c1C. The number of hydrogen-bond donors (Lipinski definition) is 0. The average Bonchev–Trinajstić information content (AvgIpc) is 3.13. The number of nitrogens with zero attached hydrogens (tertiary/aromatic N) is 2. The van der Waals surface area contributed by atoms with Crippen molar-refractivity contribution < 1.29 is 0 Å². The lowest BCUT2D eigenvalue weighted by atomic mass is 10.1. The van der Waals surface area contributed by atoms with E-state index >= 15 is 0 Å². The molecule has 0 aliphatic heterocycles. The van der Waals surface area contributed by atoms with Crippen LogP contribution in [0.5, 0.6) is 0 Å². The van der Waals surface area contributed by atoms with Crippen LogP contribution in [0.25, 0.3) is 26.7 Å². The molecule has 3 nitrogen and oxygen atoms in total. The van der Waals surface area contributed by atoms with E-state index in [0.29, 0.717) is 0 Å². The summed E-state index contributed by atoms with van der Waals surface area (Å²) in [5.41, 5.74) is 3.21. The van der Waals surface area contributed by atoms with Crippen molar-refractivity contribution in [1.29, 1.82) is 0 Å². The molecule has 3 aromatic carbocycles. The van der Waals surface area contributed by atoms with Crippen LogP contribution in [0.4, 0.5) is 0 Å². The first-order chi connectivity index (χ1) is 15.7. The van der Waals surface area contributed by atoms with Gasteiger partial charge in [0.2, 0.25) is 0 Å². The van der Waals surface area contributed by atoms with Crippen molar-refractivity contribution in [3.05, 3.63) is 99.2 Å². The molecule has 0 unspecified atom stereocenters. The van der Waals surface area contributed by atoms with Gasteiger partial charge in [0, 0.05) is 10.6 Å². The number of hydrogen-bond acceptors (Lipinski definition) is 4. The minimum Gasteiger partial charge on any atom is -0.268 e. The second-order valence-corrected chi connectivity index (χ2v) is 9.90. The maximum absolute atomic E-state index is 13.7. The van der Waals surface area contributed by atoms with Gasteiger partial charge >= 0.3 is 0 Å². The van der Waals surface area contributed by atoms with Crippen LogP contribution in [0.1, 0.15) is 29.3 Å². The van der Waals surface area contributed by atoms with Crippen molar-refractivity contribution >= 4 is 44.1 Å². The van der Waals surface area contributed by atoms with E-state index in [1.54, 1.807) is 27.7 Å². The van der Waals surface area contributed by atoms with Crippen molar-refractivity contribution in [1.82, 2.24) is 9.55 Å². The van der Waals surface area contributed by atoms with Crippen LogP contribution in [0.3, 0.4) is 0 Å². The lowest BCUT2D eigenvalue weighted by Crippen LogP contribution is -2.21. The van der Waals surface area contributed by atoms with Gasteiger partial charge in [-0.05, 0) is 47.4 Å². The Morgan fingerprint density at radius 3 is 2.53 bits per heavy atom. The zero-order valence-electron chi connectivity index (χ0n) is 18.2. The number of aromatic nitrogens is 2. The molecule has 0 aliphatic rings. The Morgan fingerprint density at radius 2 is 1.72 bits per heavy atom. The molecule has 0 spiro atoms. The topological polar surface area (TPSA) is 34.9 Å². The number of fused-ring (bicyclic) bond motifs is 2. The zero-order valence-corrected chi connectivity index (χ0v) is 19.8. The number of thiophene rings is 1. The van der Waals surface area contributed by atoms with Crippen LogP contribution in [-0.4, -0.2) is 9.55 Å². The molecule has 0 N–H and O–H groups in total. The van der Waals surface area contributed by atoms with Gasteiger partial charge in [-0.2, -0.15) is 0 Å². The third-order valence-corrected chi connectivity index (χ3v) is 7.99. The van der Waals surface area contributed by atoms with E-state index in [2.05, 4.69) is 56.3 Å². The van der Waals surface area contributed by atoms with Gasteiger partial charge in [0.05, 0.1) is 11.1 Å². The van der Waals surface area contributed by atoms with Gasteiger partial charge < -0.3 is 0 Å². The van der Waals surface area contributed by atoms with Gasteiger partial charge in [0.25, 0.3) is 5.56 Å². The predicted molar refractivity (Wildman–Crippen MR) is 137 cm³/mol. The highest BCUT2D eigenvalue weighted by atomic mass is 32.2. The Morgan fingerprint density at radius 1 is 0.969 bits per heavy atom. The van der Waals surface area contributed by atoms with Crippen molar-refractivity contribution in [2.75, 3.05) is 0 Å². The highest BCUT2D eigenvalue weighted by Crippen LogP contribution is 2.32. The highest BCUT2D eigenvalue weighted by molar-refractivity contribution is 7.98. The van der Waals surface area contributed by atoms with Gasteiger partial charge in [-0.25, -0.2) is 4.98 Å². The molecule has 5 rings (SSSR count). The molecule has 5 heteroatoms. The number of aryl methyl sites for hydroxylation is 2. The fourth-order valence-electron chi connectivity index (χ4n) is 4.14. The lowest BCUT2D eigenvalue weighted by molar-refractivity contribution is 0.821. The molecule has 0 amide bonds. The van der Waals surface area contributed by atoms with E-state index in [1.165, 1.54) is 21.2 Å². The molecule has 0 radical (unpaired) electrons. The molecule has 2 heterocycles. The second kappa shape index (κ2) is 8.93. The smallest absolute Gasteiger partial charge is 0.267 e. The minimum absolute atomic E-state index is 0.0257. The zero-order chi connectivity index (χ0) is 22.1. The first-order valence-corrected chi connectivity index (χ1v) is 12.7. The highest BCUT2D eigenvalue weighted by Gasteiger charge is 2.19. The van der Waals surface area contributed by atoms with Crippen LogP contribution in [0.2, 0.25) is 0 Å². The number of thioether (sulfide) groups is 1. The number of benzene rings is 3. The van der Waals surface area contributed by atoms with Crippen molar-refractivity contribution in [2.24, 2.45) is 0 Å². The first-order valence-electron chi connectivity index (χ1n) is 10.9. The fourth-order valence-corrected chi connectivity index (χ4v) is 6.47. The summed E-state index contributed by atoms with van der Waals surface area (Å²) in [6.07, 6.45) is 2.04. The van der Waals surface area contributed by atoms with E-state index in [1.807, 2.05) is 30.3 Å². The Hall–Kier alpha value is -2.89. The molecule has 160 valence electrons. The van der Waals surface area contributed by atoms with Crippen LogP contribution < -0.4 is 5.56 Å².